The third kappa shape index (κ3) is 2.51. The van der Waals surface area contributed by atoms with E-state index in [1.807, 2.05) is 29.6 Å². The zero-order chi connectivity index (χ0) is 15.9. The number of rotatable bonds is 4. The van der Waals surface area contributed by atoms with E-state index >= 15 is 0 Å². The van der Waals surface area contributed by atoms with Crippen molar-refractivity contribution in [2.45, 2.75) is 24.8 Å². The second-order valence-electron chi connectivity index (χ2n) is 5.70. The van der Waals surface area contributed by atoms with Gasteiger partial charge in [0.1, 0.15) is 16.5 Å². The van der Waals surface area contributed by atoms with Gasteiger partial charge in [0.2, 0.25) is 0 Å². The van der Waals surface area contributed by atoms with Crippen molar-refractivity contribution in [2.24, 2.45) is 5.73 Å². The Morgan fingerprint density at radius 1 is 1.22 bits per heavy atom. The van der Waals surface area contributed by atoms with E-state index in [9.17, 15) is 0 Å². The predicted octanol–water partition coefficient (Wildman–Crippen LogP) is 3.21. The fraction of sp³-hybridized carbons (Fsp3) is 0.312. The number of ether oxygens (including phenoxy) is 1. The highest BCUT2D eigenvalue weighted by Crippen LogP contribution is 2.38. The molecule has 4 rings (SSSR count). The Morgan fingerprint density at radius 3 is 2.65 bits per heavy atom. The molecule has 2 N–H and O–H groups in total. The number of nitrogens with zero attached hydrogens (tertiary/aromatic N) is 3. The van der Waals surface area contributed by atoms with Crippen LogP contribution in [0.15, 0.2) is 34.2 Å². The summed E-state index contributed by atoms with van der Waals surface area (Å²) in [6.45, 7) is 0. The molecular weight excluding hydrogens is 312 g/mol. The highest BCUT2D eigenvalue weighted by Gasteiger charge is 2.39. The molecule has 6 nitrogen and oxygen atoms in total. The van der Waals surface area contributed by atoms with Gasteiger partial charge in [-0.1, -0.05) is 5.16 Å². The summed E-state index contributed by atoms with van der Waals surface area (Å²) in [7, 11) is 1.65. The second-order valence-corrected chi connectivity index (χ2v) is 6.56. The Balaban J connectivity index is 1.60. The molecule has 0 spiro atoms. The normalized spacial score (nSPS) is 16.1. The molecular formula is C16H16N4O2S. The van der Waals surface area contributed by atoms with Crippen LogP contribution >= 0.6 is 11.3 Å². The van der Waals surface area contributed by atoms with Crippen molar-refractivity contribution in [1.29, 1.82) is 0 Å². The van der Waals surface area contributed by atoms with Gasteiger partial charge in [0.25, 0.3) is 5.89 Å². The SMILES string of the molecule is COc1ccc(-c2nc(-c3nc(C4(N)CCC4)no3)cs2)cc1. The predicted molar refractivity (Wildman–Crippen MR) is 87.1 cm³/mol. The van der Waals surface area contributed by atoms with Crippen LogP contribution in [0.2, 0.25) is 0 Å². The summed E-state index contributed by atoms with van der Waals surface area (Å²) >= 11 is 1.54. The lowest BCUT2D eigenvalue weighted by atomic mass is 9.77. The van der Waals surface area contributed by atoms with E-state index in [0.717, 1.165) is 35.6 Å². The summed E-state index contributed by atoms with van der Waals surface area (Å²) in [6.07, 6.45) is 2.92. The first-order valence-corrected chi connectivity index (χ1v) is 8.29. The standard InChI is InChI=1S/C16H16N4O2S/c1-21-11-5-3-10(4-6-11)14-18-12(9-23-14)13-19-15(20-22-13)16(17)7-2-8-16/h3-6,9H,2,7-8,17H2,1H3. The number of benzene rings is 1. The molecule has 1 aliphatic carbocycles. The van der Waals surface area contributed by atoms with Gasteiger partial charge in [-0.3, -0.25) is 0 Å². The average Bonchev–Trinajstić information content (AvgIpc) is 3.22. The topological polar surface area (TPSA) is 87.1 Å². The van der Waals surface area contributed by atoms with Crippen LogP contribution in [0.4, 0.5) is 0 Å². The van der Waals surface area contributed by atoms with Gasteiger partial charge in [-0.25, -0.2) is 4.98 Å². The Labute approximate surface area is 137 Å². The highest BCUT2D eigenvalue weighted by atomic mass is 32.1. The van der Waals surface area contributed by atoms with Crippen molar-refractivity contribution < 1.29 is 9.26 Å². The van der Waals surface area contributed by atoms with Gasteiger partial charge < -0.3 is 15.0 Å². The second kappa shape index (κ2) is 5.43. The van der Waals surface area contributed by atoms with Gasteiger partial charge in [-0.05, 0) is 43.5 Å². The molecule has 3 aromatic rings. The minimum Gasteiger partial charge on any atom is -0.497 e. The molecule has 0 bridgehead atoms. The van der Waals surface area contributed by atoms with Crippen molar-refractivity contribution in [3.63, 3.8) is 0 Å². The lowest BCUT2D eigenvalue weighted by molar-refractivity contribution is 0.229. The average molecular weight is 328 g/mol. The van der Waals surface area contributed by atoms with Crippen LogP contribution < -0.4 is 10.5 Å². The quantitative estimate of drug-likeness (QED) is 0.791. The minimum atomic E-state index is -0.420. The molecule has 23 heavy (non-hydrogen) atoms. The molecule has 1 aliphatic rings. The number of hydrogen-bond donors (Lipinski definition) is 1. The Kier molecular flexibility index (Phi) is 3.39. The lowest BCUT2D eigenvalue weighted by Crippen LogP contribution is -2.44. The molecule has 0 amide bonds. The number of hydrogen-bond acceptors (Lipinski definition) is 7. The summed E-state index contributed by atoms with van der Waals surface area (Å²) in [5.41, 5.74) is 7.51. The third-order valence-corrected chi connectivity index (χ3v) is 5.07. The zero-order valence-electron chi connectivity index (χ0n) is 12.7. The largest absolute Gasteiger partial charge is 0.497 e. The molecule has 1 saturated carbocycles. The fourth-order valence-electron chi connectivity index (χ4n) is 2.55. The van der Waals surface area contributed by atoms with E-state index < -0.39 is 5.54 Å². The molecule has 1 aromatic carbocycles. The fourth-order valence-corrected chi connectivity index (χ4v) is 3.35. The summed E-state index contributed by atoms with van der Waals surface area (Å²) in [4.78, 5) is 9.02. The minimum absolute atomic E-state index is 0.420. The van der Waals surface area contributed by atoms with Gasteiger partial charge in [0.15, 0.2) is 5.82 Å². The first-order valence-electron chi connectivity index (χ1n) is 7.41. The van der Waals surface area contributed by atoms with Crippen LogP contribution in [0.3, 0.4) is 0 Å². The molecule has 0 aliphatic heterocycles. The van der Waals surface area contributed by atoms with E-state index in [4.69, 9.17) is 15.0 Å². The van der Waals surface area contributed by atoms with E-state index in [2.05, 4.69) is 15.1 Å². The van der Waals surface area contributed by atoms with Crippen molar-refractivity contribution >= 4 is 11.3 Å². The molecule has 2 aromatic heterocycles. The van der Waals surface area contributed by atoms with Crippen molar-refractivity contribution in [3.05, 3.63) is 35.5 Å². The van der Waals surface area contributed by atoms with Crippen LogP contribution in [-0.2, 0) is 5.54 Å². The molecule has 0 unspecified atom stereocenters. The van der Waals surface area contributed by atoms with Crippen LogP contribution in [-0.4, -0.2) is 22.2 Å². The van der Waals surface area contributed by atoms with Gasteiger partial charge in [0.05, 0.1) is 12.6 Å². The lowest BCUT2D eigenvalue weighted by Gasteiger charge is -2.34. The highest BCUT2D eigenvalue weighted by molar-refractivity contribution is 7.13. The van der Waals surface area contributed by atoms with Crippen molar-refractivity contribution in [2.75, 3.05) is 7.11 Å². The summed E-state index contributed by atoms with van der Waals surface area (Å²) in [5.74, 6) is 1.83. The van der Waals surface area contributed by atoms with E-state index in [0.29, 0.717) is 17.4 Å². The van der Waals surface area contributed by atoms with Gasteiger partial charge >= 0.3 is 0 Å². The van der Waals surface area contributed by atoms with Crippen LogP contribution in [0.1, 0.15) is 25.1 Å². The number of methoxy groups -OCH3 is 1. The maximum Gasteiger partial charge on any atom is 0.277 e. The molecule has 0 atom stereocenters. The molecule has 0 radical (unpaired) electrons. The van der Waals surface area contributed by atoms with E-state index in [-0.39, 0.29) is 0 Å². The summed E-state index contributed by atoms with van der Waals surface area (Å²) in [6, 6.07) is 7.78. The van der Waals surface area contributed by atoms with Crippen LogP contribution in [0.5, 0.6) is 5.75 Å². The first-order chi connectivity index (χ1) is 11.2. The molecule has 2 heterocycles. The molecule has 7 heteroatoms. The Bertz CT molecular complexity index is 821. The van der Waals surface area contributed by atoms with Crippen molar-refractivity contribution in [3.8, 4) is 27.9 Å². The summed E-state index contributed by atoms with van der Waals surface area (Å²) < 4.78 is 10.5. The van der Waals surface area contributed by atoms with E-state index in [1.165, 1.54) is 11.3 Å². The summed E-state index contributed by atoms with van der Waals surface area (Å²) in [5, 5.41) is 6.84. The van der Waals surface area contributed by atoms with Gasteiger partial charge in [-0.2, -0.15) is 4.98 Å². The number of aromatic nitrogens is 3. The van der Waals surface area contributed by atoms with Crippen LogP contribution in [0, 0.1) is 0 Å². The maximum absolute atomic E-state index is 6.22. The smallest absolute Gasteiger partial charge is 0.277 e. The number of nitrogens with two attached hydrogens (primary N) is 1. The van der Waals surface area contributed by atoms with Crippen molar-refractivity contribution in [1.82, 2.24) is 15.1 Å². The Morgan fingerprint density at radius 2 is 2.00 bits per heavy atom. The monoisotopic (exact) mass is 328 g/mol. The third-order valence-electron chi connectivity index (χ3n) is 4.18. The van der Waals surface area contributed by atoms with Crippen LogP contribution in [0.25, 0.3) is 22.2 Å². The Hall–Kier alpha value is -2.25. The molecule has 0 saturated heterocycles. The number of thiazole rings is 1. The van der Waals surface area contributed by atoms with Gasteiger partial charge in [-0.15, -0.1) is 11.3 Å². The van der Waals surface area contributed by atoms with Gasteiger partial charge in [0, 0.05) is 10.9 Å². The maximum atomic E-state index is 6.22. The zero-order valence-corrected chi connectivity index (χ0v) is 13.5. The molecule has 1 fully saturated rings. The molecule has 118 valence electrons. The van der Waals surface area contributed by atoms with E-state index in [1.54, 1.807) is 7.11 Å². The first kappa shape index (κ1) is 14.3.